The predicted octanol–water partition coefficient (Wildman–Crippen LogP) is 3.87. The molecule has 1 nitrogen and oxygen atoms in total. The monoisotopic (exact) mass is 225 g/mol. The number of aryl methyl sites for hydroxylation is 1. The smallest absolute Gasteiger partial charge is 0.146 e. The van der Waals surface area contributed by atoms with E-state index in [-0.39, 0.29) is 17.7 Å². The lowest BCUT2D eigenvalue weighted by Crippen LogP contribution is -2.16. The summed E-state index contributed by atoms with van der Waals surface area (Å²) in [6, 6.07) is 2.79. The zero-order valence-electron chi connectivity index (χ0n) is 9.69. The molecule has 1 aliphatic carbocycles. The van der Waals surface area contributed by atoms with Crippen LogP contribution in [0.4, 0.5) is 14.5 Å². The second kappa shape index (κ2) is 4.40. The average Bonchev–Trinajstić information content (AvgIpc) is 2.60. The summed E-state index contributed by atoms with van der Waals surface area (Å²) in [5.74, 6) is -0.0377. The molecule has 2 unspecified atom stereocenters. The quantitative estimate of drug-likeness (QED) is 0.805. The highest BCUT2D eigenvalue weighted by Gasteiger charge is 2.22. The topological polar surface area (TPSA) is 12.0 Å². The summed E-state index contributed by atoms with van der Waals surface area (Å²) in [4.78, 5) is 0. The SMILES string of the molecule is Cc1cc(F)c(NC2CCC(C)C2)cc1F. The highest BCUT2D eigenvalue weighted by Crippen LogP contribution is 2.29. The van der Waals surface area contributed by atoms with Gasteiger partial charge in [-0.2, -0.15) is 0 Å². The maximum Gasteiger partial charge on any atom is 0.146 e. The molecule has 1 saturated carbocycles. The number of nitrogens with one attached hydrogen (secondary N) is 1. The van der Waals surface area contributed by atoms with Crippen LogP contribution < -0.4 is 5.32 Å². The highest BCUT2D eigenvalue weighted by atomic mass is 19.1. The van der Waals surface area contributed by atoms with Gasteiger partial charge in [-0.05, 0) is 43.7 Å². The normalized spacial score (nSPS) is 24.8. The van der Waals surface area contributed by atoms with Crippen molar-refractivity contribution in [3.63, 3.8) is 0 Å². The lowest BCUT2D eigenvalue weighted by molar-refractivity contribution is 0.585. The van der Waals surface area contributed by atoms with Crippen molar-refractivity contribution in [2.45, 2.75) is 39.2 Å². The number of benzene rings is 1. The second-order valence-electron chi connectivity index (χ2n) is 4.84. The Hall–Kier alpha value is -1.12. The highest BCUT2D eigenvalue weighted by molar-refractivity contribution is 5.47. The maximum atomic E-state index is 13.6. The molecule has 0 heterocycles. The van der Waals surface area contributed by atoms with E-state index in [2.05, 4.69) is 12.2 Å². The van der Waals surface area contributed by atoms with Crippen molar-refractivity contribution in [3.05, 3.63) is 29.3 Å². The van der Waals surface area contributed by atoms with Gasteiger partial charge in [-0.1, -0.05) is 6.92 Å². The van der Waals surface area contributed by atoms with Crippen molar-refractivity contribution < 1.29 is 8.78 Å². The largest absolute Gasteiger partial charge is 0.380 e. The van der Waals surface area contributed by atoms with E-state index in [1.807, 2.05) is 0 Å². The molecule has 3 heteroatoms. The molecule has 1 aromatic carbocycles. The van der Waals surface area contributed by atoms with Crippen LogP contribution in [0.3, 0.4) is 0 Å². The summed E-state index contributed by atoms with van der Waals surface area (Å²) >= 11 is 0. The van der Waals surface area contributed by atoms with Crippen LogP contribution in [0.15, 0.2) is 12.1 Å². The molecule has 16 heavy (non-hydrogen) atoms. The summed E-state index contributed by atoms with van der Waals surface area (Å²) < 4.78 is 26.9. The molecule has 0 bridgehead atoms. The minimum Gasteiger partial charge on any atom is -0.380 e. The first-order valence-electron chi connectivity index (χ1n) is 5.78. The Kier molecular flexibility index (Phi) is 3.13. The zero-order valence-corrected chi connectivity index (χ0v) is 9.69. The molecule has 1 aliphatic rings. The minimum atomic E-state index is -0.363. The van der Waals surface area contributed by atoms with Gasteiger partial charge in [-0.3, -0.25) is 0 Å². The third kappa shape index (κ3) is 2.34. The zero-order chi connectivity index (χ0) is 11.7. The number of hydrogen-bond acceptors (Lipinski definition) is 1. The van der Waals surface area contributed by atoms with Gasteiger partial charge in [-0.15, -0.1) is 0 Å². The Morgan fingerprint density at radius 1 is 1.19 bits per heavy atom. The van der Waals surface area contributed by atoms with Gasteiger partial charge in [0.1, 0.15) is 11.6 Å². The lowest BCUT2D eigenvalue weighted by atomic mass is 10.1. The van der Waals surface area contributed by atoms with E-state index in [1.165, 1.54) is 12.1 Å². The first kappa shape index (κ1) is 11.4. The van der Waals surface area contributed by atoms with Crippen molar-refractivity contribution >= 4 is 5.69 Å². The first-order valence-corrected chi connectivity index (χ1v) is 5.78. The van der Waals surface area contributed by atoms with E-state index in [1.54, 1.807) is 6.92 Å². The maximum absolute atomic E-state index is 13.6. The third-order valence-corrected chi connectivity index (χ3v) is 3.30. The van der Waals surface area contributed by atoms with Crippen LogP contribution in [-0.4, -0.2) is 6.04 Å². The van der Waals surface area contributed by atoms with Gasteiger partial charge in [0.25, 0.3) is 0 Å². The third-order valence-electron chi connectivity index (χ3n) is 3.30. The molecule has 1 N–H and O–H groups in total. The van der Waals surface area contributed by atoms with Gasteiger partial charge in [0, 0.05) is 12.1 Å². The van der Waals surface area contributed by atoms with Crippen molar-refractivity contribution in [1.29, 1.82) is 0 Å². The molecular formula is C13H17F2N. The molecule has 2 atom stereocenters. The van der Waals surface area contributed by atoms with E-state index in [0.29, 0.717) is 17.2 Å². The number of hydrogen-bond donors (Lipinski definition) is 1. The summed E-state index contributed by atoms with van der Waals surface area (Å²) in [6.45, 7) is 3.76. The molecular weight excluding hydrogens is 208 g/mol. The average molecular weight is 225 g/mol. The van der Waals surface area contributed by atoms with Crippen molar-refractivity contribution in [3.8, 4) is 0 Å². The van der Waals surface area contributed by atoms with E-state index in [9.17, 15) is 8.78 Å². The molecule has 88 valence electrons. The van der Waals surface area contributed by atoms with Crippen molar-refractivity contribution in [1.82, 2.24) is 0 Å². The Morgan fingerprint density at radius 3 is 2.56 bits per heavy atom. The molecule has 0 radical (unpaired) electrons. The fraction of sp³-hybridized carbons (Fsp3) is 0.538. The standard InChI is InChI=1S/C13H17F2N/c1-8-3-4-10(5-8)16-13-7-11(14)9(2)6-12(13)15/h6-8,10,16H,3-5H2,1-2H3. The molecule has 0 aliphatic heterocycles. The summed E-state index contributed by atoms with van der Waals surface area (Å²) in [7, 11) is 0. The van der Waals surface area contributed by atoms with Crippen LogP contribution in [0.2, 0.25) is 0 Å². The number of anilines is 1. The Bertz CT molecular complexity index is 390. The summed E-state index contributed by atoms with van der Waals surface area (Å²) in [6.07, 6.45) is 3.23. The van der Waals surface area contributed by atoms with Crippen LogP contribution in [0.5, 0.6) is 0 Å². The Morgan fingerprint density at radius 2 is 1.94 bits per heavy atom. The van der Waals surface area contributed by atoms with Crippen LogP contribution in [0.25, 0.3) is 0 Å². The van der Waals surface area contributed by atoms with Crippen LogP contribution in [0.1, 0.15) is 31.7 Å². The molecule has 1 fully saturated rings. The van der Waals surface area contributed by atoms with Crippen LogP contribution >= 0.6 is 0 Å². The molecule has 0 saturated heterocycles. The fourth-order valence-corrected chi connectivity index (χ4v) is 2.32. The van der Waals surface area contributed by atoms with Gasteiger partial charge in [0.2, 0.25) is 0 Å². The van der Waals surface area contributed by atoms with Crippen LogP contribution in [-0.2, 0) is 0 Å². The Labute approximate surface area is 94.9 Å². The number of rotatable bonds is 2. The lowest BCUT2D eigenvalue weighted by Gasteiger charge is -2.15. The van der Waals surface area contributed by atoms with Gasteiger partial charge in [0.15, 0.2) is 0 Å². The van der Waals surface area contributed by atoms with Gasteiger partial charge < -0.3 is 5.32 Å². The predicted molar refractivity (Wildman–Crippen MR) is 61.5 cm³/mol. The first-order chi connectivity index (χ1) is 7.56. The Balaban J connectivity index is 2.12. The minimum absolute atomic E-state index is 0.284. The van der Waals surface area contributed by atoms with Crippen LogP contribution in [0, 0.1) is 24.5 Å². The molecule has 0 aromatic heterocycles. The van der Waals surface area contributed by atoms with Crippen molar-refractivity contribution in [2.75, 3.05) is 5.32 Å². The van der Waals surface area contributed by atoms with Gasteiger partial charge in [0.05, 0.1) is 5.69 Å². The van der Waals surface area contributed by atoms with Gasteiger partial charge >= 0.3 is 0 Å². The molecule has 1 aromatic rings. The van der Waals surface area contributed by atoms with E-state index >= 15 is 0 Å². The fourth-order valence-electron chi connectivity index (χ4n) is 2.32. The molecule has 0 spiro atoms. The van der Waals surface area contributed by atoms with E-state index in [0.717, 1.165) is 19.3 Å². The second-order valence-corrected chi connectivity index (χ2v) is 4.84. The molecule has 2 rings (SSSR count). The van der Waals surface area contributed by atoms with Gasteiger partial charge in [-0.25, -0.2) is 8.78 Å². The van der Waals surface area contributed by atoms with E-state index < -0.39 is 0 Å². The van der Waals surface area contributed by atoms with Crippen molar-refractivity contribution in [2.24, 2.45) is 5.92 Å². The van der Waals surface area contributed by atoms with E-state index in [4.69, 9.17) is 0 Å². The number of halogens is 2. The summed E-state index contributed by atoms with van der Waals surface area (Å²) in [5, 5.41) is 3.09. The summed E-state index contributed by atoms with van der Waals surface area (Å²) in [5.41, 5.74) is 0.644. The molecule has 0 amide bonds.